The predicted octanol–water partition coefficient (Wildman–Crippen LogP) is 3.47. The van der Waals surface area contributed by atoms with Crippen LogP contribution in [0.5, 0.6) is 11.5 Å². The fraction of sp³-hybridized carbons (Fsp3) is 0.333. The van der Waals surface area contributed by atoms with E-state index in [1.807, 2.05) is 23.1 Å². The average molecular weight is 401 g/mol. The molecule has 0 aromatic heterocycles. The molecular weight excluding hydrogens is 378 g/mol. The van der Waals surface area contributed by atoms with Crippen molar-refractivity contribution in [2.45, 2.75) is 25.3 Å². The summed E-state index contributed by atoms with van der Waals surface area (Å²) in [5, 5.41) is 9.81. The summed E-state index contributed by atoms with van der Waals surface area (Å²) in [5.41, 5.74) is 4.20. The molecule has 30 heavy (non-hydrogen) atoms. The number of fused-ring (bicyclic) bond motifs is 4. The third kappa shape index (κ3) is 3.03. The molecule has 0 radical (unpaired) electrons. The highest BCUT2D eigenvalue weighted by molar-refractivity contribution is 6.12. The predicted molar refractivity (Wildman–Crippen MR) is 113 cm³/mol. The Labute approximate surface area is 175 Å². The summed E-state index contributed by atoms with van der Waals surface area (Å²) in [5.74, 6) is 1.34. The second-order valence-corrected chi connectivity index (χ2v) is 8.24. The van der Waals surface area contributed by atoms with Crippen molar-refractivity contribution in [3.05, 3.63) is 58.7 Å². The number of likely N-dealkylation sites (N-methyl/N-ethyl adjacent to an activating group) is 1. The zero-order valence-electron chi connectivity index (χ0n) is 17.1. The fourth-order valence-electron chi connectivity index (χ4n) is 4.79. The number of aryl methyl sites for hydroxylation is 1. The highest BCUT2D eigenvalue weighted by Gasteiger charge is 2.44. The van der Waals surface area contributed by atoms with E-state index in [9.17, 15) is 10.1 Å². The second kappa shape index (κ2) is 7.19. The molecule has 0 bridgehead atoms. The van der Waals surface area contributed by atoms with Gasteiger partial charge in [-0.3, -0.25) is 4.79 Å². The number of amides is 1. The minimum absolute atomic E-state index is 0.0824. The SMILES string of the molecule is Cc1ccc2c(c1)[C@@H]1CN(C)CC[C@H]1N2C(=O)/C(C#N)=C/c1ccc2c(c1)OCO2. The number of nitriles is 1. The van der Waals surface area contributed by atoms with Gasteiger partial charge in [0.25, 0.3) is 5.91 Å². The van der Waals surface area contributed by atoms with Crippen LogP contribution >= 0.6 is 0 Å². The molecule has 1 fully saturated rings. The lowest BCUT2D eigenvalue weighted by Crippen LogP contribution is -2.47. The zero-order valence-corrected chi connectivity index (χ0v) is 17.1. The lowest BCUT2D eigenvalue weighted by atomic mass is 9.88. The molecule has 3 aliphatic rings. The number of carbonyl (C=O) groups is 1. The Kier molecular flexibility index (Phi) is 4.48. The standard InChI is InChI=1S/C24H23N3O3/c1-15-3-5-20-18(9-15)19-13-26(2)8-7-21(19)27(20)24(28)17(12-25)10-16-4-6-22-23(11-16)30-14-29-22/h3-6,9-11,19,21H,7-8,13-14H2,1-2H3/b17-10+/t19-,21+/m0/s1. The van der Waals surface area contributed by atoms with E-state index >= 15 is 0 Å². The molecular formula is C24H23N3O3. The van der Waals surface area contributed by atoms with E-state index in [1.54, 1.807) is 18.2 Å². The number of hydrogen-bond acceptors (Lipinski definition) is 5. The molecule has 1 amide bonds. The quantitative estimate of drug-likeness (QED) is 0.570. The highest BCUT2D eigenvalue weighted by atomic mass is 16.7. The number of ether oxygens (including phenoxy) is 2. The van der Waals surface area contributed by atoms with Gasteiger partial charge in [-0.2, -0.15) is 5.26 Å². The second-order valence-electron chi connectivity index (χ2n) is 8.24. The van der Waals surface area contributed by atoms with Crippen LogP contribution in [0.15, 0.2) is 42.0 Å². The Morgan fingerprint density at radius 3 is 2.87 bits per heavy atom. The Morgan fingerprint density at radius 2 is 2.03 bits per heavy atom. The normalized spacial score (nSPS) is 22.4. The number of carbonyl (C=O) groups excluding carboxylic acids is 1. The van der Waals surface area contributed by atoms with Crippen LogP contribution in [-0.4, -0.2) is 43.8 Å². The van der Waals surface area contributed by atoms with Crippen LogP contribution in [-0.2, 0) is 4.79 Å². The molecule has 152 valence electrons. The number of rotatable bonds is 2. The van der Waals surface area contributed by atoms with E-state index in [1.165, 1.54) is 11.1 Å². The maximum atomic E-state index is 13.6. The summed E-state index contributed by atoms with van der Waals surface area (Å²) >= 11 is 0. The molecule has 6 nitrogen and oxygen atoms in total. The Balaban J connectivity index is 1.52. The number of anilines is 1. The highest BCUT2D eigenvalue weighted by Crippen LogP contribution is 2.45. The first-order chi connectivity index (χ1) is 14.5. The monoisotopic (exact) mass is 401 g/mol. The van der Waals surface area contributed by atoms with Gasteiger partial charge in [-0.15, -0.1) is 0 Å². The van der Waals surface area contributed by atoms with Crippen molar-refractivity contribution in [1.29, 1.82) is 5.26 Å². The Bertz CT molecular complexity index is 1100. The third-order valence-corrected chi connectivity index (χ3v) is 6.23. The number of piperidine rings is 1. The molecule has 1 saturated heterocycles. The van der Waals surface area contributed by atoms with Gasteiger partial charge in [-0.1, -0.05) is 23.8 Å². The molecule has 2 aromatic carbocycles. The fourth-order valence-corrected chi connectivity index (χ4v) is 4.79. The van der Waals surface area contributed by atoms with Crippen molar-refractivity contribution in [3.8, 4) is 17.6 Å². The van der Waals surface area contributed by atoms with Crippen molar-refractivity contribution in [2.75, 3.05) is 31.8 Å². The van der Waals surface area contributed by atoms with Gasteiger partial charge in [-0.25, -0.2) is 0 Å². The molecule has 6 heteroatoms. The van der Waals surface area contributed by atoms with Gasteiger partial charge < -0.3 is 19.3 Å². The molecule has 2 aromatic rings. The van der Waals surface area contributed by atoms with E-state index in [-0.39, 0.29) is 30.2 Å². The minimum atomic E-state index is -0.239. The summed E-state index contributed by atoms with van der Waals surface area (Å²) in [6, 6.07) is 13.9. The van der Waals surface area contributed by atoms with Gasteiger partial charge in [0, 0.05) is 24.2 Å². The smallest absolute Gasteiger partial charge is 0.269 e. The Morgan fingerprint density at radius 1 is 1.20 bits per heavy atom. The van der Waals surface area contributed by atoms with E-state index in [0.29, 0.717) is 11.5 Å². The van der Waals surface area contributed by atoms with Crippen molar-refractivity contribution in [1.82, 2.24) is 4.90 Å². The van der Waals surface area contributed by atoms with Gasteiger partial charge >= 0.3 is 0 Å². The van der Waals surface area contributed by atoms with Crippen molar-refractivity contribution in [2.24, 2.45) is 0 Å². The van der Waals surface area contributed by atoms with E-state index in [2.05, 4.69) is 31.0 Å². The molecule has 3 heterocycles. The maximum Gasteiger partial charge on any atom is 0.269 e. The molecule has 3 aliphatic heterocycles. The average Bonchev–Trinajstić information content (AvgIpc) is 3.33. The van der Waals surface area contributed by atoms with Crippen molar-refractivity contribution >= 4 is 17.7 Å². The van der Waals surface area contributed by atoms with Crippen LogP contribution in [0.1, 0.15) is 29.0 Å². The van der Waals surface area contributed by atoms with Crippen LogP contribution in [0.4, 0.5) is 5.69 Å². The number of benzene rings is 2. The number of nitrogens with zero attached hydrogens (tertiary/aromatic N) is 3. The molecule has 0 aliphatic carbocycles. The first kappa shape index (κ1) is 18.7. The molecule has 0 unspecified atom stereocenters. The van der Waals surface area contributed by atoms with Crippen molar-refractivity contribution in [3.63, 3.8) is 0 Å². The topological polar surface area (TPSA) is 65.8 Å². The third-order valence-electron chi connectivity index (χ3n) is 6.23. The van der Waals surface area contributed by atoms with Crippen LogP contribution in [0, 0.1) is 18.3 Å². The van der Waals surface area contributed by atoms with Gasteiger partial charge in [0.2, 0.25) is 6.79 Å². The van der Waals surface area contributed by atoms with Crippen molar-refractivity contribution < 1.29 is 14.3 Å². The first-order valence-electron chi connectivity index (χ1n) is 10.2. The van der Waals surface area contributed by atoms with E-state index in [0.717, 1.165) is 30.8 Å². The molecule has 2 atom stereocenters. The van der Waals surface area contributed by atoms with Crippen LogP contribution in [0.3, 0.4) is 0 Å². The van der Waals surface area contributed by atoms with E-state index < -0.39 is 0 Å². The molecule has 0 saturated carbocycles. The molecule has 0 spiro atoms. The lowest BCUT2D eigenvalue weighted by molar-refractivity contribution is -0.115. The summed E-state index contributed by atoms with van der Waals surface area (Å²) in [6.45, 7) is 4.12. The summed E-state index contributed by atoms with van der Waals surface area (Å²) in [6.07, 6.45) is 2.53. The summed E-state index contributed by atoms with van der Waals surface area (Å²) < 4.78 is 10.8. The molecule has 0 N–H and O–H groups in total. The summed E-state index contributed by atoms with van der Waals surface area (Å²) in [4.78, 5) is 17.7. The Hall–Kier alpha value is -3.30. The van der Waals surface area contributed by atoms with Gasteiger partial charge in [0.05, 0.1) is 0 Å². The largest absolute Gasteiger partial charge is 0.454 e. The lowest BCUT2D eigenvalue weighted by Gasteiger charge is -2.36. The van der Waals surface area contributed by atoms with Gasteiger partial charge in [0.1, 0.15) is 11.6 Å². The van der Waals surface area contributed by atoms with Gasteiger partial charge in [0.15, 0.2) is 11.5 Å². The van der Waals surface area contributed by atoms with Crippen LogP contribution < -0.4 is 14.4 Å². The maximum absolute atomic E-state index is 13.6. The van der Waals surface area contributed by atoms with Crippen LogP contribution in [0.2, 0.25) is 0 Å². The van der Waals surface area contributed by atoms with Crippen LogP contribution in [0.25, 0.3) is 6.08 Å². The first-order valence-corrected chi connectivity index (χ1v) is 10.2. The number of hydrogen-bond donors (Lipinski definition) is 0. The number of likely N-dealkylation sites (tertiary alicyclic amines) is 1. The minimum Gasteiger partial charge on any atom is -0.454 e. The zero-order chi connectivity index (χ0) is 20.8. The molecule has 5 rings (SSSR count). The summed E-state index contributed by atoms with van der Waals surface area (Å²) in [7, 11) is 2.12. The van der Waals surface area contributed by atoms with E-state index in [4.69, 9.17) is 9.47 Å². The van der Waals surface area contributed by atoms with Gasteiger partial charge in [-0.05, 0) is 62.3 Å².